The first-order valence-electron chi connectivity index (χ1n) is 6.27. The second-order valence-electron chi connectivity index (χ2n) is 4.66. The number of hydrogen-bond donors (Lipinski definition) is 3. The van der Waals surface area contributed by atoms with Crippen LogP contribution in [0.5, 0.6) is 5.75 Å². The number of carboxylic acid groups (broad SMARTS) is 2. The summed E-state index contributed by atoms with van der Waals surface area (Å²) in [5, 5.41) is 28.0. The highest BCUT2D eigenvalue weighted by atomic mass is 16.4. The van der Waals surface area contributed by atoms with Gasteiger partial charge in [-0.15, -0.1) is 0 Å². The van der Waals surface area contributed by atoms with E-state index in [2.05, 4.69) is 0 Å². The first-order chi connectivity index (χ1) is 9.91. The van der Waals surface area contributed by atoms with E-state index in [-0.39, 0.29) is 23.3 Å². The minimum atomic E-state index is -1.07. The molecule has 5 nitrogen and oxygen atoms in total. The Labute approximate surface area is 121 Å². The molecule has 5 heteroatoms. The standard InChI is InChI=1S/C16H14O5/c1-9-10(4-2-5-11(9)16(20)21)12-6-3-7-14(17)13(12)8-15(18)19/h2-7,17H,8H2,1H3,(H,18,19)(H,20,21). The summed E-state index contributed by atoms with van der Waals surface area (Å²) < 4.78 is 0. The number of aromatic carboxylic acids is 1. The van der Waals surface area contributed by atoms with Crippen molar-refractivity contribution in [3.8, 4) is 16.9 Å². The molecule has 0 aromatic heterocycles. The van der Waals surface area contributed by atoms with Gasteiger partial charge in [0.05, 0.1) is 12.0 Å². The first kappa shape index (κ1) is 14.6. The van der Waals surface area contributed by atoms with Crippen molar-refractivity contribution in [3.63, 3.8) is 0 Å². The van der Waals surface area contributed by atoms with Crippen LogP contribution in [0.2, 0.25) is 0 Å². The fraction of sp³-hybridized carbons (Fsp3) is 0.125. The number of rotatable bonds is 4. The molecular weight excluding hydrogens is 272 g/mol. The number of carboxylic acids is 2. The molecule has 2 rings (SSSR count). The Hall–Kier alpha value is -2.82. The lowest BCUT2D eigenvalue weighted by molar-refractivity contribution is -0.136. The molecule has 0 spiro atoms. The zero-order valence-electron chi connectivity index (χ0n) is 11.3. The van der Waals surface area contributed by atoms with Crippen molar-refractivity contribution >= 4 is 11.9 Å². The van der Waals surface area contributed by atoms with Crippen molar-refractivity contribution in [1.82, 2.24) is 0 Å². The fourth-order valence-electron chi connectivity index (χ4n) is 2.32. The van der Waals surface area contributed by atoms with Crippen LogP contribution in [0.1, 0.15) is 21.5 Å². The van der Waals surface area contributed by atoms with E-state index in [1.165, 1.54) is 12.1 Å². The fourth-order valence-corrected chi connectivity index (χ4v) is 2.32. The summed E-state index contributed by atoms with van der Waals surface area (Å²) in [6, 6.07) is 9.48. The topological polar surface area (TPSA) is 94.8 Å². The van der Waals surface area contributed by atoms with Gasteiger partial charge in [-0.2, -0.15) is 0 Å². The van der Waals surface area contributed by atoms with Crippen LogP contribution in [0.4, 0.5) is 0 Å². The molecule has 0 aliphatic rings. The number of phenolic OH excluding ortho intramolecular Hbond substituents is 1. The molecule has 2 aromatic rings. The van der Waals surface area contributed by atoms with Gasteiger partial charge in [0.2, 0.25) is 0 Å². The van der Waals surface area contributed by atoms with E-state index in [1.807, 2.05) is 0 Å². The van der Waals surface area contributed by atoms with Crippen molar-refractivity contribution < 1.29 is 24.9 Å². The van der Waals surface area contributed by atoms with E-state index < -0.39 is 11.9 Å². The Balaban J connectivity index is 2.68. The number of hydrogen-bond acceptors (Lipinski definition) is 3. The predicted octanol–water partition coefficient (Wildman–Crippen LogP) is 2.69. The number of benzene rings is 2. The Morgan fingerprint density at radius 1 is 1.00 bits per heavy atom. The maximum Gasteiger partial charge on any atom is 0.335 e. The van der Waals surface area contributed by atoms with E-state index in [0.29, 0.717) is 16.7 Å². The zero-order chi connectivity index (χ0) is 15.6. The molecule has 0 fully saturated rings. The molecular formula is C16H14O5. The molecule has 0 aliphatic heterocycles. The molecule has 0 saturated carbocycles. The molecule has 0 bridgehead atoms. The van der Waals surface area contributed by atoms with Crippen LogP contribution < -0.4 is 0 Å². The molecule has 108 valence electrons. The number of aliphatic carboxylic acids is 1. The lowest BCUT2D eigenvalue weighted by Gasteiger charge is -2.13. The minimum absolute atomic E-state index is 0.116. The van der Waals surface area contributed by atoms with Gasteiger partial charge in [0.1, 0.15) is 5.75 Å². The van der Waals surface area contributed by atoms with Crippen LogP contribution >= 0.6 is 0 Å². The molecule has 0 atom stereocenters. The van der Waals surface area contributed by atoms with Gasteiger partial charge in [-0.05, 0) is 35.7 Å². The van der Waals surface area contributed by atoms with Gasteiger partial charge >= 0.3 is 11.9 Å². The quantitative estimate of drug-likeness (QED) is 0.803. The summed E-state index contributed by atoms with van der Waals surface area (Å²) in [6.45, 7) is 1.66. The Kier molecular flexibility index (Phi) is 3.93. The molecule has 0 unspecified atom stereocenters. The van der Waals surface area contributed by atoms with Crippen LogP contribution in [0.25, 0.3) is 11.1 Å². The van der Waals surface area contributed by atoms with Crippen LogP contribution in [0.3, 0.4) is 0 Å². The van der Waals surface area contributed by atoms with Crippen LogP contribution in [0.15, 0.2) is 36.4 Å². The third-order valence-electron chi connectivity index (χ3n) is 3.33. The minimum Gasteiger partial charge on any atom is -0.508 e. The molecule has 21 heavy (non-hydrogen) atoms. The molecule has 2 aromatic carbocycles. The van der Waals surface area contributed by atoms with Gasteiger partial charge in [-0.25, -0.2) is 4.79 Å². The summed E-state index contributed by atoms with van der Waals surface area (Å²) >= 11 is 0. The van der Waals surface area contributed by atoms with E-state index in [0.717, 1.165) is 0 Å². The Morgan fingerprint density at radius 3 is 2.24 bits per heavy atom. The molecule has 0 amide bonds. The van der Waals surface area contributed by atoms with Crippen molar-refractivity contribution in [1.29, 1.82) is 0 Å². The van der Waals surface area contributed by atoms with E-state index >= 15 is 0 Å². The van der Waals surface area contributed by atoms with Gasteiger partial charge in [0.15, 0.2) is 0 Å². The van der Waals surface area contributed by atoms with Crippen molar-refractivity contribution in [2.24, 2.45) is 0 Å². The highest BCUT2D eigenvalue weighted by molar-refractivity contribution is 5.92. The first-order valence-corrected chi connectivity index (χ1v) is 6.27. The molecule has 3 N–H and O–H groups in total. The van der Waals surface area contributed by atoms with Gasteiger partial charge in [-0.3, -0.25) is 4.79 Å². The summed E-state index contributed by atoms with van der Waals surface area (Å²) in [5.74, 6) is -2.23. The average Bonchev–Trinajstić information content (AvgIpc) is 2.41. The molecule has 0 aliphatic carbocycles. The van der Waals surface area contributed by atoms with E-state index in [4.69, 9.17) is 10.2 Å². The van der Waals surface area contributed by atoms with Crippen LogP contribution in [0, 0.1) is 6.92 Å². The van der Waals surface area contributed by atoms with Gasteiger partial charge < -0.3 is 15.3 Å². The van der Waals surface area contributed by atoms with Crippen molar-refractivity contribution in [2.45, 2.75) is 13.3 Å². The third-order valence-corrected chi connectivity index (χ3v) is 3.33. The highest BCUT2D eigenvalue weighted by Crippen LogP contribution is 2.33. The normalized spacial score (nSPS) is 10.3. The summed E-state index contributed by atoms with van der Waals surface area (Å²) in [6.07, 6.45) is -0.335. The molecule has 0 radical (unpaired) electrons. The number of aromatic hydroxyl groups is 1. The second-order valence-corrected chi connectivity index (χ2v) is 4.66. The van der Waals surface area contributed by atoms with Crippen molar-refractivity contribution in [2.75, 3.05) is 0 Å². The molecule has 0 heterocycles. The maximum absolute atomic E-state index is 11.2. The predicted molar refractivity (Wildman–Crippen MR) is 76.6 cm³/mol. The zero-order valence-corrected chi connectivity index (χ0v) is 11.3. The Bertz CT molecular complexity index is 719. The number of phenols is 1. The van der Waals surface area contributed by atoms with E-state index in [1.54, 1.807) is 31.2 Å². The average molecular weight is 286 g/mol. The van der Waals surface area contributed by atoms with Gasteiger partial charge in [-0.1, -0.05) is 24.3 Å². The second kappa shape index (κ2) is 5.66. The largest absolute Gasteiger partial charge is 0.508 e. The monoisotopic (exact) mass is 286 g/mol. The van der Waals surface area contributed by atoms with Crippen LogP contribution in [-0.2, 0) is 11.2 Å². The third kappa shape index (κ3) is 2.86. The maximum atomic E-state index is 11.2. The van der Waals surface area contributed by atoms with Gasteiger partial charge in [0, 0.05) is 5.56 Å². The SMILES string of the molecule is Cc1c(C(=O)O)cccc1-c1cccc(O)c1CC(=O)O. The summed E-state index contributed by atoms with van der Waals surface area (Å²) in [7, 11) is 0. The number of carbonyl (C=O) groups is 2. The van der Waals surface area contributed by atoms with E-state index in [9.17, 15) is 14.7 Å². The molecule has 0 saturated heterocycles. The Morgan fingerprint density at radius 2 is 1.62 bits per heavy atom. The van der Waals surface area contributed by atoms with Gasteiger partial charge in [0.25, 0.3) is 0 Å². The summed E-state index contributed by atoms with van der Waals surface area (Å²) in [4.78, 5) is 22.2. The van der Waals surface area contributed by atoms with Crippen LogP contribution in [-0.4, -0.2) is 27.3 Å². The smallest absolute Gasteiger partial charge is 0.335 e. The highest BCUT2D eigenvalue weighted by Gasteiger charge is 2.17. The van der Waals surface area contributed by atoms with Crippen molar-refractivity contribution in [3.05, 3.63) is 53.1 Å². The summed E-state index contributed by atoms with van der Waals surface area (Å²) in [5.41, 5.74) is 2.08. The lowest BCUT2D eigenvalue weighted by atomic mass is 9.91. The lowest BCUT2D eigenvalue weighted by Crippen LogP contribution is -2.04.